The molecule has 0 atom stereocenters. The van der Waals surface area contributed by atoms with Gasteiger partial charge in [0.05, 0.1) is 43.8 Å². The summed E-state index contributed by atoms with van der Waals surface area (Å²) in [5, 5.41) is 3.78. The lowest BCUT2D eigenvalue weighted by Gasteiger charge is -2.14. The van der Waals surface area contributed by atoms with E-state index < -0.39 is 0 Å². The van der Waals surface area contributed by atoms with E-state index in [1.54, 1.807) is 39.5 Å². The summed E-state index contributed by atoms with van der Waals surface area (Å²) in [4.78, 5) is 18.3. The van der Waals surface area contributed by atoms with Crippen LogP contribution in [0.15, 0.2) is 66.7 Å². The molecule has 33 heavy (non-hydrogen) atoms. The molecule has 0 fully saturated rings. The number of rotatable bonds is 7. The first-order chi connectivity index (χ1) is 16.1. The highest BCUT2D eigenvalue weighted by Crippen LogP contribution is 2.31. The van der Waals surface area contributed by atoms with E-state index in [4.69, 9.17) is 19.2 Å². The topological polar surface area (TPSA) is 69.7 Å². The zero-order chi connectivity index (χ0) is 23.4. The lowest BCUT2D eigenvalue weighted by atomic mass is 10.0. The normalized spacial score (nSPS) is 10.7. The van der Waals surface area contributed by atoms with E-state index in [1.807, 2.05) is 48.5 Å². The number of aromatic nitrogens is 1. The van der Waals surface area contributed by atoms with Crippen molar-refractivity contribution in [2.75, 3.05) is 26.6 Å². The maximum Gasteiger partial charge on any atom is 0.256 e. The van der Waals surface area contributed by atoms with Crippen LogP contribution in [0.25, 0.3) is 22.2 Å². The number of benzene rings is 3. The van der Waals surface area contributed by atoms with Gasteiger partial charge in [-0.15, -0.1) is 0 Å². The summed E-state index contributed by atoms with van der Waals surface area (Å²) in [6.07, 6.45) is 0.862. The number of carbonyl (C=O) groups is 1. The minimum Gasteiger partial charge on any atom is -0.497 e. The van der Waals surface area contributed by atoms with Gasteiger partial charge >= 0.3 is 0 Å². The van der Waals surface area contributed by atoms with Crippen molar-refractivity contribution in [3.05, 3.63) is 77.9 Å². The Labute approximate surface area is 193 Å². The van der Waals surface area contributed by atoms with Crippen LogP contribution in [0.1, 0.15) is 22.8 Å². The molecule has 1 heterocycles. The Balaban J connectivity index is 1.82. The first kappa shape index (κ1) is 22.1. The molecule has 0 spiro atoms. The summed E-state index contributed by atoms with van der Waals surface area (Å²) in [6, 6.07) is 20.8. The van der Waals surface area contributed by atoms with E-state index in [9.17, 15) is 4.79 Å². The summed E-state index contributed by atoms with van der Waals surface area (Å²) in [7, 11) is 4.77. The Morgan fingerprint density at radius 1 is 0.848 bits per heavy atom. The van der Waals surface area contributed by atoms with Crippen molar-refractivity contribution in [1.82, 2.24) is 4.98 Å². The summed E-state index contributed by atoms with van der Waals surface area (Å²) < 4.78 is 16.0. The van der Waals surface area contributed by atoms with Crippen LogP contribution in [0.4, 0.5) is 5.69 Å². The summed E-state index contributed by atoms with van der Waals surface area (Å²) in [6.45, 7) is 2.08. The van der Waals surface area contributed by atoms with E-state index in [0.29, 0.717) is 28.4 Å². The lowest BCUT2D eigenvalue weighted by Crippen LogP contribution is -2.14. The van der Waals surface area contributed by atoms with Crippen LogP contribution < -0.4 is 19.5 Å². The minimum absolute atomic E-state index is 0.253. The minimum atomic E-state index is -0.253. The van der Waals surface area contributed by atoms with Gasteiger partial charge in [0.2, 0.25) is 0 Å². The van der Waals surface area contributed by atoms with E-state index in [-0.39, 0.29) is 5.91 Å². The maximum absolute atomic E-state index is 13.5. The van der Waals surface area contributed by atoms with Crippen LogP contribution >= 0.6 is 0 Å². The fourth-order valence-corrected chi connectivity index (χ4v) is 3.69. The number of methoxy groups -OCH3 is 3. The molecule has 0 saturated heterocycles. The van der Waals surface area contributed by atoms with Gasteiger partial charge in [0.1, 0.15) is 17.2 Å². The number of ether oxygens (including phenoxy) is 3. The Kier molecular flexibility index (Phi) is 6.45. The molecule has 0 saturated carbocycles. The largest absolute Gasteiger partial charge is 0.497 e. The van der Waals surface area contributed by atoms with Crippen LogP contribution in [-0.2, 0) is 6.42 Å². The zero-order valence-corrected chi connectivity index (χ0v) is 19.1. The number of nitrogens with zero attached hydrogens (tertiary/aromatic N) is 1. The first-order valence-corrected chi connectivity index (χ1v) is 10.7. The second-order valence-electron chi connectivity index (χ2n) is 7.51. The van der Waals surface area contributed by atoms with E-state index in [1.165, 1.54) is 0 Å². The third-order valence-electron chi connectivity index (χ3n) is 5.57. The molecular weight excluding hydrogens is 416 g/mol. The Hall–Kier alpha value is -4.06. The van der Waals surface area contributed by atoms with Crippen molar-refractivity contribution in [2.45, 2.75) is 13.3 Å². The molecule has 1 N–H and O–H groups in total. The number of nitrogens with one attached hydrogen (secondary N) is 1. The van der Waals surface area contributed by atoms with E-state index >= 15 is 0 Å². The SMILES string of the molecule is CCc1ccc2nc(-c3ccc(OC)cc3)cc(C(=O)Nc3cc(OC)ccc3OC)c2c1. The molecule has 0 radical (unpaired) electrons. The van der Waals surface area contributed by atoms with Crippen molar-refractivity contribution >= 4 is 22.5 Å². The summed E-state index contributed by atoms with van der Waals surface area (Å²) in [5.74, 6) is 1.68. The molecule has 0 aliphatic heterocycles. The molecule has 168 valence electrons. The van der Waals surface area contributed by atoms with Gasteiger partial charge in [-0.3, -0.25) is 4.79 Å². The molecule has 6 heteroatoms. The van der Waals surface area contributed by atoms with Gasteiger partial charge in [-0.25, -0.2) is 4.98 Å². The van der Waals surface area contributed by atoms with Gasteiger partial charge in [0.15, 0.2) is 0 Å². The number of amides is 1. The van der Waals surface area contributed by atoms with Gasteiger partial charge in [-0.2, -0.15) is 0 Å². The molecule has 0 bridgehead atoms. The monoisotopic (exact) mass is 442 g/mol. The molecule has 3 aromatic carbocycles. The molecule has 1 aromatic heterocycles. The van der Waals surface area contributed by atoms with Crippen molar-refractivity contribution in [1.29, 1.82) is 0 Å². The highest BCUT2D eigenvalue weighted by molar-refractivity contribution is 6.13. The highest BCUT2D eigenvalue weighted by Gasteiger charge is 2.17. The third kappa shape index (κ3) is 4.60. The Morgan fingerprint density at radius 2 is 1.58 bits per heavy atom. The summed E-state index contributed by atoms with van der Waals surface area (Å²) >= 11 is 0. The van der Waals surface area contributed by atoms with Crippen LogP contribution in [-0.4, -0.2) is 32.2 Å². The van der Waals surface area contributed by atoms with Crippen molar-refractivity contribution in [3.8, 4) is 28.5 Å². The number of fused-ring (bicyclic) bond motifs is 1. The van der Waals surface area contributed by atoms with Gasteiger partial charge in [0.25, 0.3) is 5.91 Å². The Bertz CT molecular complexity index is 1300. The first-order valence-electron chi connectivity index (χ1n) is 10.7. The fraction of sp³-hybridized carbons (Fsp3) is 0.185. The van der Waals surface area contributed by atoms with Crippen molar-refractivity contribution in [3.63, 3.8) is 0 Å². The van der Waals surface area contributed by atoms with Gasteiger partial charge < -0.3 is 19.5 Å². The third-order valence-corrected chi connectivity index (χ3v) is 5.57. The average molecular weight is 443 g/mol. The van der Waals surface area contributed by atoms with Gasteiger partial charge in [-0.1, -0.05) is 13.0 Å². The van der Waals surface area contributed by atoms with Crippen LogP contribution in [0.5, 0.6) is 17.2 Å². The molecule has 1 amide bonds. The van der Waals surface area contributed by atoms with Crippen LogP contribution in [0.3, 0.4) is 0 Å². The summed E-state index contributed by atoms with van der Waals surface area (Å²) in [5.41, 5.74) is 4.55. The van der Waals surface area contributed by atoms with Crippen LogP contribution in [0.2, 0.25) is 0 Å². The molecule has 0 aliphatic rings. The number of pyridine rings is 1. The second kappa shape index (κ2) is 9.61. The second-order valence-corrected chi connectivity index (χ2v) is 7.51. The van der Waals surface area contributed by atoms with E-state index in [2.05, 4.69) is 12.2 Å². The molecule has 4 rings (SSSR count). The molecule has 0 aliphatic carbocycles. The number of anilines is 1. The maximum atomic E-state index is 13.5. The lowest BCUT2D eigenvalue weighted by molar-refractivity contribution is 0.102. The zero-order valence-electron chi connectivity index (χ0n) is 19.1. The van der Waals surface area contributed by atoms with Crippen LogP contribution in [0, 0.1) is 0 Å². The van der Waals surface area contributed by atoms with Crippen molar-refractivity contribution < 1.29 is 19.0 Å². The average Bonchev–Trinajstić information content (AvgIpc) is 2.87. The molecule has 6 nitrogen and oxygen atoms in total. The highest BCUT2D eigenvalue weighted by atomic mass is 16.5. The number of carbonyl (C=O) groups excluding carboxylic acids is 1. The van der Waals surface area contributed by atoms with Gasteiger partial charge in [0, 0.05) is 17.0 Å². The number of aryl methyl sites for hydroxylation is 1. The standard InChI is InChI=1S/C27H26N2O4/c1-5-17-6-12-23-21(14-17)22(16-24(28-23)18-7-9-19(31-2)10-8-18)27(30)29-25-15-20(32-3)11-13-26(25)33-4/h6-16H,5H2,1-4H3,(H,29,30). The van der Waals surface area contributed by atoms with E-state index in [0.717, 1.165) is 34.2 Å². The van der Waals surface area contributed by atoms with Gasteiger partial charge in [-0.05, 0) is 66.6 Å². The number of hydrogen-bond donors (Lipinski definition) is 1. The van der Waals surface area contributed by atoms with Crippen molar-refractivity contribution in [2.24, 2.45) is 0 Å². The molecule has 0 unspecified atom stereocenters. The molecular formula is C27H26N2O4. The quantitative estimate of drug-likeness (QED) is 0.395. The number of hydrogen-bond acceptors (Lipinski definition) is 5. The fourth-order valence-electron chi connectivity index (χ4n) is 3.69. The smallest absolute Gasteiger partial charge is 0.256 e. The molecule has 4 aromatic rings. The Morgan fingerprint density at radius 3 is 2.24 bits per heavy atom. The predicted octanol–water partition coefficient (Wildman–Crippen LogP) is 5.74. The predicted molar refractivity (Wildman–Crippen MR) is 131 cm³/mol.